The molecule has 7 heteroatoms. The van der Waals surface area contributed by atoms with Gasteiger partial charge in [0, 0.05) is 5.56 Å². The van der Waals surface area contributed by atoms with E-state index in [4.69, 9.17) is 4.74 Å². The van der Waals surface area contributed by atoms with Gasteiger partial charge in [-0.25, -0.2) is 4.39 Å². The highest BCUT2D eigenvalue weighted by Gasteiger charge is 2.30. The van der Waals surface area contributed by atoms with Crippen LogP contribution in [-0.4, -0.2) is 19.1 Å². The molecule has 1 amide bonds. The third-order valence-electron chi connectivity index (χ3n) is 3.04. The largest absolute Gasteiger partial charge is 0.481 e. The molecule has 0 aliphatic heterocycles. The van der Waals surface area contributed by atoms with Crippen LogP contribution in [0.15, 0.2) is 48.5 Å². The van der Waals surface area contributed by atoms with E-state index < -0.39 is 23.5 Å². The topological polar surface area (TPSA) is 38.3 Å². The molecule has 0 radical (unpaired) electrons. The number of carbonyl (C=O) groups is 1. The molecular formula is C18H13F4NO2. The zero-order valence-corrected chi connectivity index (χ0v) is 12.9. The number of benzene rings is 2. The van der Waals surface area contributed by atoms with Crippen molar-refractivity contribution in [3.8, 4) is 17.6 Å². The van der Waals surface area contributed by atoms with E-state index in [-0.39, 0.29) is 18.9 Å². The summed E-state index contributed by atoms with van der Waals surface area (Å²) in [5.41, 5.74) is -0.507. The lowest BCUT2D eigenvalue weighted by molar-refractivity contribution is -0.137. The van der Waals surface area contributed by atoms with Gasteiger partial charge >= 0.3 is 6.18 Å². The molecule has 0 spiro atoms. The maximum Gasteiger partial charge on any atom is 0.416 e. The van der Waals surface area contributed by atoms with Crippen molar-refractivity contribution in [1.29, 1.82) is 0 Å². The third kappa shape index (κ3) is 5.84. The maximum absolute atomic E-state index is 12.7. The van der Waals surface area contributed by atoms with E-state index >= 15 is 0 Å². The maximum atomic E-state index is 12.7. The van der Waals surface area contributed by atoms with Crippen molar-refractivity contribution in [2.75, 3.05) is 13.2 Å². The Labute approximate surface area is 141 Å². The second-order valence-electron chi connectivity index (χ2n) is 4.86. The number of nitrogens with one attached hydrogen (secondary N) is 1. The Balaban J connectivity index is 1.78. The van der Waals surface area contributed by atoms with Crippen molar-refractivity contribution in [1.82, 2.24) is 5.32 Å². The number of carbonyl (C=O) groups excluding carboxylic acids is 1. The first kappa shape index (κ1) is 18.3. The number of rotatable bonds is 4. The molecule has 0 saturated carbocycles. The Morgan fingerprint density at radius 3 is 2.48 bits per heavy atom. The van der Waals surface area contributed by atoms with E-state index in [9.17, 15) is 22.4 Å². The van der Waals surface area contributed by atoms with Gasteiger partial charge in [0.05, 0.1) is 12.1 Å². The van der Waals surface area contributed by atoms with Crippen LogP contribution >= 0.6 is 0 Å². The highest BCUT2D eigenvalue weighted by Crippen LogP contribution is 2.31. The Hall–Kier alpha value is -3.01. The average Bonchev–Trinajstić information content (AvgIpc) is 2.58. The summed E-state index contributed by atoms with van der Waals surface area (Å²) >= 11 is 0. The average molecular weight is 351 g/mol. The Bertz CT molecular complexity index is 789. The molecule has 0 bridgehead atoms. The molecule has 0 aliphatic carbocycles. The lowest BCUT2D eigenvalue weighted by atomic mass is 10.2. The summed E-state index contributed by atoms with van der Waals surface area (Å²) in [6, 6.07) is 9.50. The summed E-state index contributed by atoms with van der Waals surface area (Å²) in [4.78, 5) is 11.7. The van der Waals surface area contributed by atoms with E-state index in [1.165, 1.54) is 36.4 Å². The minimum absolute atomic E-state index is 0.0299. The van der Waals surface area contributed by atoms with Gasteiger partial charge < -0.3 is 10.1 Å². The zero-order chi connectivity index (χ0) is 18.3. The molecule has 0 aliphatic rings. The van der Waals surface area contributed by atoms with Gasteiger partial charge in [0.25, 0.3) is 5.91 Å². The molecule has 0 aromatic heterocycles. The lowest BCUT2D eigenvalue weighted by Crippen LogP contribution is -2.23. The molecule has 0 unspecified atom stereocenters. The fraction of sp³-hybridized carbons (Fsp3) is 0.167. The van der Waals surface area contributed by atoms with E-state index in [2.05, 4.69) is 17.2 Å². The van der Waals surface area contributed by atoms with Crippen molar-refractivity contribution in [2.45, 2.75) is 6.18 Å². The fourth-order valence-corrected chi connectivity index (χ4v) is 1.82. The normalized spacial score (nSPS) is 10.6. The van der Waals surface area contributed by atoms with Crippen LogP contribution in [0.25, 0.3) is 0 Å². The minimum Gasteiger partial charge on any atom is -0.481 e. The van der Waals surface area contributed by atoms with E-state index in [1.54, 1.807) is 0 Å². The van der Waals surface area contributed by atoms with Gasteiger partial charge in [0.2, 0.25) is 0 Å². The van der Waals surface area contributed by atoms with Crippen molar-refractivity contribution in [3.05, 3.63) is 65.5 Å². The number of alkyl halides is 3. The van der Waals surface area contributed by atoms with Crippen LogP contribution in [0.2, 0.25) is 0 Å². The molecule has 0 atom stereocenters. The van der Waals surface area contributed by atoms with Crippen molar-refractivity contribution >= 4 is 5.91 Å². The minimum atomic E-state index is -4.43. The Morgan fingerprint density at radius 1 is 1.08 bits per heavy atom. The van der Waals surface area contributed by atoms with Gasteiger partial charge in [-0.15, -0.1) is 0 Å². The molecule has 0 fully saturated rings. The van der Waals surface area contributed by atoms with Crippen LogP contribution in [0.4, 0.5) is 17.6 Å². The molecule has 2 rings (SSSR count). The van der Waals surface area contributed by atoms with Gasteiger partial charge in [-0.1, -0.05) is 17.9 Å². The van der Waals surface area contributed by atoms with Crippen LogP contribution in [0.5, 0.6) is 5.75 Å². The van der Waals surface area contributed by atoms with Crippen LogP contribution < -0.4 is 10.1 Å². The summed E-state index contributed by atoms with van der Waals surface area (Å²) < 4.78 is 55.5. The number of amides is 1. The van der Waals surface area contributed by atoms with Gasteiger partial charge in [-0.05, 0) is 42.5 Å². The van der Waals surface area contributed by atoms with Gasteiger partial charge in [0.1, 0.15) is 18.2 Å². The standard InChI is InChI=1S/C18H13F4NO2/c19-15-8-6-13(7-9-15)17(24)23-10-1-2-11-25-16-5-3-4-14(12-16)18(20,21)22/h3-9,12H,10-11H2,(H,23,24). The molecule has 1 N–H and O–H groups in total. The molecule has 2 aromatic rings. The smallest absolute Gasteiger partial charge is 0.416 e. The van der Waals surface area contributed by atoms with Gasteiger partial charge in [-0.2, -0.15) is 13.2 Å². The predicted octanol–water partition coefficient (Wildman–Crippen LogP) is 3.66. The second-order valence-corrected chi connectivity index (χ2v) is 4.86. The first-order valence-electron chi connectivity index (χ1n) is 7.16. The Morgan fingerprint density at radius 2 is 1.80 bits per heavy atom. The van der Waals surface area contributed by atoms with Crippen molar-refractivity contribution in [3.63, 3.8) is 0 Å². The number of halogens is 4. The van der Waals surface area contributed by atoms with E-state index in [1.807, 2.05) is 0 Å². The summed E-state index contributed by atoms with van der Waals surface area (Å²) in [7, 11) is 0. The van der Waals surface area contributed by atoms with Gasteiger partial charge in [0.15, 0.2) is 0 Å². The number of hydrogen-bond donors (Lipinski definition) is 1. The highest BCUT2D eigenvalue weighted by atomic mass is 19.4. The molecule has 130 valence electrons. The zero-order valence-electron chi connectivity index (χ0n) is 12.9. The Kier molecular flexibility index (Phi) is 6.01. The van der Waals surface area contributed by atoms with Crippen LogP contribution in [0, 0.1) is 17.7 Å². The van der Waals surface area contributed by atoms with E-state index in [0.29, 0.717) is 5.56 Å². The SMILES string of the molecule is O=C(NCC#CCOc1cccc(C(F)(F)F)c1)c1ccc(F)cc1. The summed E-state index contributed by atoms with van der Waals surface area (Å²) in [6.07, 6.45) is -4.43. The van der Waals surface area contributed by atoms with Crippen molar-refractivity contribution < 1.29 is 27.1 Å². The van der Waals surface area contributed by atoms with Gasteiger partial charge in [-0.3, -0.25) is 4.79 Å². The first-order chi connectivity index (χ1) is 11.9. The first-order valence-corrected chi connectivity index (χ1v) is 7.16. The molecule has 3 nitrogen and oxygen atoms in total. The number of ether oxygens (including phenoxy) is 1. The second kappa shape index (κ2) is 8.20. The molecule has 0 saturated heterocycles. The highest BCUT2D eigenvalue weighted by molar-refractivity contribution is 5.94. The van der Waals surface area contributed by atoms with Crippen LogP contribution in [0.1, 0.15) is 15.9 Å². The molecule has 0 heterocycles. The monoisotopic (exact) mass is 351 g/mol. The van der Waals surface area contributed by atoms with Crippen LogP contribution in [-0.2, 0) is 6.18 Å². The molecule has 2 aromatic carbocycles. The fourth-order valence-electron chi connectivity index (χ4n) is 1.82. The molecule has 25 heavy (non-hydrogen) atoms. The summed E-state index contributed by atoms with van der Waals surface area (Å²) in [5.74, 6) is 4.39. The van der Waals surface area contributed by atoms with E-state index in [0.717, 1.165) is 12.1 Å². The summed E-state index contributed by atoms with van der Waals surface area (Å²) in [5, 5.41) is 2.51. The quantitative estimate of drug-likeness (QED) is 0.674. The lowest BCUT2D eigenvalue weighted by Gasteiger charge is -2.08. The molecular weight excluding hydrogens is 338 g/mol. The van der Waals surface area contributed by atoms with Crippen molar-refractivity contribution in [2.24, 2.45) is 0 Å². The summed E-state index contributed by atoms with van der Waals surface area (Å²) in [6.45, 7) is -0.0874. The predicted molar refractivity (Wildman–Crippen MR) is 83.4 cm³/mol. The number of hydrogen-bond acceptors (Lipinski definition) is 2. The van der Waals surface area contributed by atoms with Crippen LogP contribution in [0.3, 0.4) is 0 Å². The third-order valence-corrected chi connectivity index (χ3v) is 3.04.